The number of carbonyl (C=O) groups excluding carboxylic acids is 1. The van der Waals surface area contributed by atoms with Crippen LogP contribution in [0.5, 0.6) is 0 Å². The zero-order valence-electron chi connectivity index (χ0n) is 11.0. The number of carboxylic acid groups (broad SMARTS) is 1. The van der Waals surface area contributed by atoms with Crippen molar-refractivity contribution in [2.45, 2.75) is 6.10 Å². The summed E-state index contributed by atoms with van der Waals surface area (Å²) in [6.07, 6.45) is 3.25. The van der Waals surface area contributed by atoms with Gasteiger partial charge in [-0.3, -0.25) is 4.79 Å². The molecular weight excluding hydrogens is 268 g/mol. The predicted molar refractivity (Wildman–Crippen MR) is 78.9 cm³/mol. The van der Waals surface area contributed by atoms with Gasteiger partial charge in [0.15, 0.2) is 0 Å². The lowest BCUT2D eigenvalue weighted by atomic mass is 9.96. The first-order chi connectivity index (χ1) is 10.1. The largest absolute Gasteiger partial charge is 0.475 e. The molecule has 0 aliphatic heterocycles. The van der Waals surface area contributed by atoms with Crippen molar-refractivity contribution in [3.8, 4) is 0 Å². The Balaban J connectivity index is 2.24. The molecule has 0 saturated heterocycles. The van der Waals surface area contributed by atoms with Crippen LogP contribution in [-0.2, 0) is 9.59 Å². The number of aliphatic hydroxyl groups is 1. The van der Waals surface area contributed by atoms with E-state index in [1.54, 1.807) is 12.2 Å². The fourth-order valence-corrected chi connectivity index (χ4v) is 2.48. The molecule has 0 fully saturated rings. The molecule has 21 heavy (non-hydrogen) atoms. The van der Waals surface area contributed by atoms with Crippen LogP contribution in [0, 0.1) is 0 Å². The van der Waals surface area contributed by atoms with Crippen molar-refractivity contribution < 1.29 is 19.8 Å². The zero-order valence-corrected chi connectivity index (χ0v) is 11.0. The Morgan fingerprint density at radius 3 is 2.62 bits per heavy atom. The summed E-state index contributed by atoms with van der Waals surface area (Å²) in [5, 5.41) is 22.5. The molecule has 2 aromatic carbocycles. The second kappa shape index (κ2) is 5.00. The Bertz CT molecular complexity index is 906. The minimum absolute atomic E-state index is 0.283. The highest BCUT2D eigenvalue weighted by Gasteiger charge is 2.15. The third-order valence-corrected chi connectivity index (χ3v) is 3.50. The molecule has 2 aromatic rings. The topological polar surface area (TPSA) is 74.6 Å². The van der Waals surface area contributed by atoms with Crippen molar-refractivity contribution >= 4 is 34.7 Å². The number of hydrogen-bond donors (Lipinski definition) is 2. The van der Waals surface area contributed by atoms with Gasteiger partial charge in [0.1, 0.15) is 0 Å². The van der Waals surface area contributed by atoms with Gasteiger partial charge in [0.25, 0.3) is 5.78 Å². The maximum atomic E-state index is 11.3. The van der Waals surface area contributed by atoms with Gasteiger partial charge in [-0.25, -0.2) is 4.79 Å². The van der Waals surface area contributed by atoms with Crippen LogP contribution in [0.3, 0.4) is 0 Å². The second-order valence-electron chi connectivity index (χ2n) is 4.86. The summed E-state index contributed by atoms with van der Waals surface area (Å²) in [5.41, 5.74) is 0.283. The number of hydrogen-bond acceptors (Lipinski definition) is 3. The van der Waals surface area contributed by atoms with Gasteiger partial charge in [-0.05, 0) is 45.0 Å². The van der Waals surface area contributed by atoms with E-state index in [2.05, 4.69) is 0 Å². The molecule has 4 nitrogen and oxygen atoms in total. The zero-order chi connectivity index (χ0) is 15.0. The number of aliphatic carboxylic acids is 1. The van der Waals surface area contributed by atoms with E-state index < -0.39 is 17.9 Å². The van der Waals surface area contributed by atoms with Crippen LogP contribution >= 0.6 is 0 Å². The van der Waals surface area contributed by atoms with Crippen molar-refractivity contribution in [2.24, 2.45) is 0 Å². The summed E-state index contributed by atoms with van der Waals surface area (Å²) >= 11 is 0. The molecular formula is C17H12O4. The quantitative estimate of drug-likeness (QED) is 0.615. The Kier molecular flexibility index (Phi) is 3.16. The van der Waals surface area contributed by atoms with Crippen molar-refractivity contribution in [2.75, 3.05) is 0 Å². The van der Waals surface area contributed by atoms with E-state index >= 15 is 0 Å². The fourth-order valence-electron chi connectivity index (χ4n) is 2.48. The molecule has 0 aromatic heterocycles. The smallest absolute Gasteiger partial charge is 0.376 e. The van der Waals surface area contributed by atoms with E-state index in [4.69, 9.17) is 5.11 Å². The van der Waals surface area contributed by atoms with Gasteiger partial charge in [-0.1, -0.05) is 36.4 Å². The third kappa shape index (κ3) is 2.37. The lowest BCUT2D eigenvalue weighted by Crippen LogP contribution is -2.32. The molecule has 1 aliphatic carbocycles. The van der Waals surface area contributed by atoms with Gasteiger partial charge in [-0.2, -0.15) is 0 Å². The number of benzene rings is 2. The third-order valence-electron chi connectivity index (χ3n) is 3.50. The molecule has 1 atom stereocenters. The first kappa shape index (κ1) is 13.3. The highest BCUT2D eigenvalue weighted by molar-refractivity contribution is 6.37. The number of carbonyl (C=O) groups is 2. The van der Waals surface area contributed by atoms with Crippen molar-refractivity contribution in [3.63, 3.8) is 0 Å². The van der Waals surface area contributed by atoms with E-state index in [-0.39, 0.29) is 5.57 Å². The second-order valence-corrected chi connectivity index (χ2v) is 4.86. The fraction of sp³-hybridized carbons (Fsp3) is 0.0588. The van der Waals surface area contributed by atoms with E-state index in [0.29, 0.717) is 0 Å². The summed E-state index contributed by atoms with van der Waals surface area (Å²) in [6, 6.07) is 11.6. The Hall–Kier alpha value is -2.72. The van der Waals surface area contributed by atoms with Gasteiger partial charge in [-0.15, -0.1) is 0 Å². The predicted octanol–water partition coefficient (Wildman–Crippen LogP) is 0.355. The van der Waals surface area contributed by atoms with Gasteiger partial charge in [0.2, 0.25) is 0 Å². The van der Waals surface area contributed by atoms with E-state index in [1.807, 2.05) is 36.4 Å². The molecule has 0 bridgehead atoms. The van der Waals surface area contributed by atoms with Crippen LogP contribution in [0.2, 0.25) is 0 Å². The molecule has 104 valence electrons. The van der Waals surface area contributed by atoms with Crippen LogP contribution in [0.1, 0.15) is 0 Å². The molecule has 1 aliphatic rings. The molecule has 0 heterocycles. The minimum Gasteiger partial charge on any atom is -0.475 e. The molecule has 0 spiro atoms. The van der Waals surface area contributed by atoms with E-state index in [0.717, 1.165) is 27.3 Å². The number of carboxylic acids is 1. The standard InChI is InChI=1S/C17H12O4/c18-15-9-14-11(7-12(15)8-16(19)17(20)21)6-5-10-3-1-2-4-13(10)14/h1-9,15,18H,(H,20,21). The van der Waals surface area contributed by atoms with Gasteiger partial charge < -0.3 is 10.2 Å². The van der Waals surface area contributed by atoms with E-state index in [9.17, 15) is 14.7 Å². The van der Waals surface area contributed by atoms with Crippen molar-refractivity contribution in [3.05, 3.63) is 58.5 Å². The Morgan fingerprint density at radius 1 is 1.10 bits per heavy atom. The summed E-state index contributed by atoms with van der Waals surface area (Å²) in [5.74, 6) is -2.58. The highest BCUT2D eigenvalue weighted by atomic mass is 16.4. The molecule has 4 heteroatoms. The van der Waals surface area contributed by atoms with Crippen LogP contribution in [-0.4, -0.2) is 28.1 Å². The Morgan fingerprint density at radius 2 is 1.86 bits per heavy atom. The molecule has 0 saturated carbocycles. The van der Waals surface area contributed by atoms with Crippen molar-refractivity contribution in [1.29, 1.82) is 0 Å². The molecule has 1 unspecified atom stereocenters. The first-order valence-corrected chi connectivity index (χ1v) is 6.44. The molecule has 0 radical (unpaired) electrons. The number of rotatable bonds is 2. The van der Waals surface area contributed by atoms with Gasteiger partial charge in [0, 0.05) is 0 Å². The van der Waals surface area contributed by atoms with Gasteiger partial charge >= 0.3 is 5.97 Å². The SMILES string of the molecule is O=C(O)C(=O)C=C1C=c2ccc3ccccc3c2=CC1O. The maximum absolute atomic E-state index is 11.3. The van der Waals surface area contributed by atoms with Crippen LogP contribution in [0.4, 0.5) is 0 Å². The minimum atomic E-state index is -1.53. The van der Waals surface area contributed by atoms with Crippen LogP contribution in [0.25, 0.3) is 22.9 Å². The van der Waals surface area contributed by atoms with Crippen LogP contribution in [0.15, 0.2) is 48.0 Å². The summed E-state index contributed by atoms with van der Waals surface area (Å²) in [4.78, 5) is 21.9. The lowest BCUT2D eigenvalue weighted by molar-refractivity contribution is -0.146. The summed E-state index contributed by atoms with van der Waals surface area (Å²) in [7, 11) is 0. The average molecular weight is 280 g/mol. The lowest BCUT2D eigenvalue weighted by Gasteiger charge is -2.13. The number of fused-ring (bicyclic) bond motifs is 3. The average Bonchev–Trinajstić information content (AvgIpc) is 2.48. The molecule has 0 amide bonds. The maximum Gasteiger partial charge on any atom is 0.376 e. The van der Waals surface area contributed by atoms with E-state index in [1.165, 1.54) is 0 Å². The summed E-state index contributed by atoms with van der Waals surface area (Å²) in [6.45, 7) is 0. The highest BCUT2D eigenvalue weighted by Crippen LogP contribution is 2.12. The van der Waals surface area contributed by atoms with Gasteiger partial charge in [0.05, 0.1) is 6.10 Å². The number of aliphatic hydroxyl groups excluding tert-OH is 1. The number of ketones is 1. The Labute approximate surface area is 120 Å². The monoisotopic (exact) mass is 280 g/mol. The van der Waals surface area contributed by atoms with Crippen LogP contribution < -0.4 is 10.4 Å². The first-order valence-electron chi connectivity index (χ1n) is 6.44. The summed E-state index contributed by atoms with van der Waals surface area (Å²) < 4.78 is 0. The molecule has 2 N–H and O–H groups in total. The normalized spacial score (nSPS) is 18.7. The van der Waals surface area contributed by atoms with Crippen molar-refractivity contribution in [1.82, 2.24) is 0 Å². The molecule has 3 rings (SSSR count).